The van der Waals surface area contributed by atoms with E-state index >= 15 is 0 Å². The average Bonchev–Trinajstić information content (AvgIpc) is 2.37. The summed E-state index contributed by atoms with van der Waals surface area (Å²) in [7, 11) is 0. The molecule has 1 rings (SSSR count). The van der Waals surface area contributed by atoms with Gasteiger partial charge in [-0.3, -0.25) is 0 Å². The van der Waals surface area contributed by atoms with E-state index in [1.54, 1.807) is 0 Å². The Hall–Kier alpha value is -0.960. The number of aromatic nitrogens is 2. The molecule has 0 aliphatic rings. The van der Waals surface area contributed by atoms with E-state index in [1.165, 1.54) is 17.0 Å². The highest BCUT2D eigenvalue weighted by atomic mass is 14.9. The van der Waals surface area contributed by atoms with Crippen molar-refractivity contribution in [3.05, 3.63) is 22.8 Å². The Morgan fingerprint density at radius 1 is 1.00 bits per heavy atom. The second kappa shape index (κ2) is 7.47. The predicted molar refractivity (Wildman–Crippen MR) is 76.7 cm³/mol. The van der Waals surface area contributed by atoms with Crippen LogP contribution in [0.2, 0.25) is 0 Å². The molecule has 3 heteroatoms. The zero-order valence-corrected chi connectivity index (χ0v) is 12.3. The van der Waals surface area contributed by atoms with Crippen LogP contribution in [0.4, 0.5) is 0 Å². The maximum Gasteiger partial charge on any atom is 0.128 e. The van der Waals surface area contributed by atoms with Gasteiger partial charge in [-0.15, -0.1) is 0 Å². The van der Waals surface area contributed by atoms with Gasteiger partial charge in [-0.2, -0.15) is 0 Å². The zero-order chi connectivity index (χ0) is 13.5. The van der Waals surface area contributed by atoms with Crippen molar-refractivity contribution in [1.82, 2.24) is 9.97 Å². The molecule has 0 amide bonds. The van der Waals surface area contributed by atoms with E-state index < -0.39 is 0 Å². The van der Waals surface area contributed by atoms with Crippen molar-refractivity contribution in [2.75, 3.05) is 6.54 Å². The molecule has 0 fully saturated rings. The first kappa shape index (κ1) is 15.1. The van der Waals surface area contributed by atoms with Crippen LogP contribution < -0.4 is 5.73 Å². The second-order valence-electron chi connectivity index (χ2n) is 5.19. The lowest BCUT2D eigenvalue weighted by Gasteiger charge is -2.13. The lowest BCUT2D eigenvalue weighted by atomic mass is 10.0. The summed E-state index contributed by atoms with van der Waals surface area (Å²) in [4.78, 5) is 9.45. The third-order valence-electron chi connectivity index (χ3n) is 3.23. The van der Waals surface area contributed by atoms with Gasteiger partial charge < -0.3 is 5.73 Å². The fourth-order valence-corrected chi connectivity index (χ4v) is 2.19. The molecular formula is C15H27N3. The van der Waals surface area contributed by atoms with Crippen molar-refractivity contribution in [1.29, 1.82) is 0 Å². The lowest BCUT2D eigenvalue weighted by Crippen LogP contribution is -2.13. The summed E-state index contributed by atoms with van der Waals surface area (Å²) in [5.74, 6) is 1.71. The van der Waals surface area contributed by atoms with Crippen molar-refractivity contribution in [2.24, 2.45) is 11.7 Å². The van der Waals surface area contributed by atoms with E-state index in [0.717, 1.165) is 37.9 Å². The molecular weight excluding hydrogens is 222 g/mol. The first-order valence-corrected chi connectivity index (χ1v) is 7.19. The fourth-order valence-electron chi connectivity index (χ4n) is 2.19. The van der Waals surface area contributed by atoms with Gasteiger partial charge in [-0.25, -0.2) is 9.97 Å². The molecule has 1 heterocycles. The van der Waals surface area contributed by atoms with Gasteiger partial charge in [-0.1, -0.05) is 27.7 Å². The van der Waals surface area contributed by atoms with E-state index in [9.17, 15) is 0 Å². The van der Waals surface area contributed by atoms with Crippen LogP contribution in [0.5, 0.6) is 0 Å². The summed E-state index contributed by atoms with van der Waals surface area (Å²) >= 11 is 0. The highest BCUT2D eigenvalue weighted by molar-refractivity contribution is 5.27. The van der Waals surface area contributed by atoms with Gasteiger partial charge in [0.25, 0.3) is 0 Å². The Kier molecular flexibility index (Phi) is 6.27. The molecule has 0 aliphatic carbocycles. The third-order valence-corrected chi connectivity index (χ3v) is 3.23. The van der Waals surface area contributed by atoms with Gasteiger partial charge in [0.2, 0.25) is 0 Å². The summed E-state index contributed by atoms with van der Waals surface area (Å²) < 4.78 is 0. The Labute approximate surface area is 111 Å². The number of nitrogens with two attached hydrogens (primary N) is 1. The van der Waals surface area contributed by atoms with Crippen LogP contribution >= 0.6 is 0 Å². The first-order chi connectivity index (χ1) is 8.62. The summed E-state index contributed by atoms with van der Waals surface area (Å²) in [6.45, 7) is 9.48. The van der Waals surface area contributed by atoms with E-state index in [0.29, 0.717) is 12.5 Å². The summed E-state index contributed by atoms with van der Waals surface area (Å²) in [6, 6.07) is 0. The Balaban J connectivity index is 3.01. The van der Waals surface area contributed by atoms with Crippen molar-refractivity contribution < 1.29 is 0 Å². The normalized spacial score (nSPS) is 11.2. The van der Waals surface area contributed by atoms with Gasteiger partial charge in [0.05, 0.1) is 0 Å². The van der Waals surface area contributed by atoms with Crippen LogP contribution in [0.3, 0.4) is 0 Å². The van der Waals surface area contributed by atoms with E-state index in [-0.39, 0.29) is 0 Å². The molecule has 2 N–H and O–H groups in total. The molecule has 1 aromatic heterocycles. The minimum absolute atomic E-state index is 0.675. The molecule has 0 unspecified atom stereocenters. The second-order valence-corrected chi connectivity index (χ2v) is 5.19. The molecule has 18 heavy (non-hydrogen) atoms. The van der Waals surface area contributed by atoms with E-state index in [2.05, 4.69) is 27.7 Å². The molecule has 0 aliphatic heterocycles. The van der Waals surface area contributed by atoms with Gasteiger partial charge in [0, 0.05) is 17.8 Å². The Morgan fingerprint density at radius 2 is 1.56 bits per heavy atom. The zero-order valence-electron chi connectivity index (χ0n) is 12.3. The third kappa shape index (κ3) is 4.05. The monoisotopic (exact) mass is 249 g/mol. The number of hydrogen-bond acceptors (Lipinski definition) is 3. The quantitative estimate of drug-likeness (QED) is 0.808. The van der Waals surface area contributed by atoms with Gasteiger partial charge in [0.1, 0.15) is 5.82 Å². The largest absolute Gasteiger partial charge is 0.330 e. The SMILES string of the molecule is CCc1nc(CCC(C)C)nc(CC)c1CCN. The van der Waals surface area contributed by atoms with Crippen LogP contribution in [0.25, 0.3) is 0 Å². The minimum atomic E-state index is 0.675. The van der Waals surface area contributed by atoms with Crippen LogP contribution in [0.15, 0.2) is 0 Å². The van der Waals surface area contributed by atoms with Crippen LogP contribution in [0.1, 0.15) is 56.9 Å². The smallest absolute Gasteiger partial charge is 0.128 e. The summed E-state index contributed by atoms with van der Waals surface area (Å²) in [5.41, 5.74) is 9.38. The molecule has 0 saturated carbocycles. The van der Waals surface area contributed by atoms with Gasteiger partial charge >= 0.3 is 0 Å². The van der Waals surface area contributed by atoms with Crippen LogP contribution in [-0.2, 0) is 25.7 Å². The van der Waals surface area contributed by atoms with Crippen LogP contribution in [0, 0.1) is 5.92 Å². The van der Waals surface area contributed by atoms with Gasteiger partial charge in [-0.05, 0) is 43.7 Å². The average molecular weight is 249 g/mol. The minimum Gasteiger partial charge on any atom is -0.330 e. The summed E-state index contributed by atoms with van der Waals surface area (Å²) in [5, 5.41) is 0. The molecule has 3 nitrogen and oxygen atoms in total. The molecule has 0 radical (unpaired) electrons. The number of hydrogen-bond donors (Lipinski definition) is 1. The molecule has 102 valence electrons. The van der Waals surface area contributed by atoms with Gasteiger partial charge in [0.15, 0.2) is 0 Å². The maximum atomic E-state index is 5.69. The van der Waals surface area contributed by atoms with Crippen LogP contribution in [-0.4, -0.2) is 16.5 Å². The van der Waals surface area contributed by atoms with Crippen molar-refractivity contribution in [3.63, 3.8) is 0 Å². The molecule has 0 bridgehead atoms. The number of rotatable bonds is 7. The predicted octanol–water partition coefficient (Wildman–Crippen LogP) is 2.69. The number of aryl methyl sites for hydroxylation is 3. The van der Waals surface area contributed by atoms with Crippen molar-refractivity contribution >= 4 is 0 Å². The molecule has 1 aromatic rings. The Bertz CT molecular complexity index is 347. The van der Waals surface area contributed by atoms with Crippen molar-refractivity contribution in [2.45, 2.75) is 59.8 Å². The molecule has 0 spiro atoms. The molecule has 0 aromatic carbocycles. The summed E-state index contributed by atoms with van der Waals surface area (Å²) in [6.07, 6.45) is 4.99. The first-order valence-electron chi connectivity index (χ1n) is 7.19. The topological polar surface area (TPSA) is 51.8 Å². The van der Waals surface area contributed by atoms with E-state index in [1.807, 2.05) is 0 Å². The van der Waals surface area contributed by atoms with Crippen molar-refractivity contribution in [3.8, 4) is 0 Å². The highest BCUT2D eigenvalue weighted by Gasteiger charge is 2.11. The maximum absolute atomic E-state index is 5.69. The van der Waals surface area contributed by atoms with E-state index in [4.69, 9.17) is 15.7 Å². The lowest BCUT2D eigenvalue weighted by molar-refractivity contribution is 0.571. The molecule has 0 atom stereocenters. The highest BCUT2D eigenvalue weighted by Crippen LogP contribution is 2.15. The Morgan fingerprint density at radius 3 is 1.94 bits per heavy atom. The standard InChI is InChI=1S/C15H27N3/c1-5-13-12(9-10-16)14(6-2)18-15(17-13)8-7-11(3)4/h11H,5-10,16H2,1-4H3. The fraction of sp³-hybridized carbons (Fsp3) is 0.733. The molecule has 0 saturated heterocycles. The number of nitrogens with zero attached hydrogens (tertiary/aromatic N) is 2.